The highest BCUT2D eigenvalue weighted by atomic mass is 32.2. The van der Waals surface area contributed by atoms with Gasteiger partial charge in [-0.3, -0.25) is 0 Å². The Kier molecular flexibility index (Phi) is 1.46. The number of nitrogens with zero attached hydrogens (tertiary/aromatic N) is 2. The summed E-state index contributed by atoms with van der Waals surface area (Å²) in [7, 11) is 0. The molecule has 1 heterocycles. The molecule has 2 nitrogen and oxygen atoms in total. The fourth-order valence-corrected chi connectivity index (χ4v) is 0.957. The molecule has 0 amide bonds. The molecule has 0 spiro atoms. The summed E-state index contributed by atoms with van der Waals surface area (Å²) in [6, 6.07) is 0. The lowest BCUT2D eigenvalue weighted by Crippen LogP contribution is -1.66. The fraction of sp³-hybridized carbons (Fsp3) is 0. The third-order valence-corrected chi connectivity index (χ3v) is 1.42. The average Bonchev–Trinajstić information content (AvgIpc) is 1.72. The first kappa shape index (κ1) is 4.08. The molecule has 0 unspecified atom stereocenters. The smallest absolute Gasteiger partial charge is 0.137 e. The molecule has 1 aliphatic rings. The zero-order valence-corrected chi connectivity index (χ0v) is 4.50. The van der Waals surface area contributed by atoms with Crippen LogP contribution in [0.2, 0.25) is 0 Å². The molecule has 0 aliphatic carbocycles. The zero-order chi connectivity index (χ0) is 4.24. The van der Waals surface area contributed by atoms with E-state index in [0.29, 0.717) is 0 Å². The molecular weight excluding hydrogens is 116 g/mol. The molecule has 0 aromatic rings. The van der Waals surface area contributed by atoms with Crippen molar-refractivity contribution in [3.63, 3.8) is 0 Å². The molecular formula is C2H2N2S2. The maximum Gasteiger partial charge on any atom is 0.137 e. The quantitative estimate of drug-likeness (QED) is 0.339. The van der Waals surface area contributed by atoms with Crippen LogP contribution in [0.15, 0.2) is 8.76 Å². The Morgan fingerprint density at radius 2 is 2.50 bits per heavy atom. The second-order valence-corrected chi connectivity index (χ2v) is 2.25. The molecule has 0 atom stereocenters. The first-order valence-corrected chi connectivity index (χ1v) is 3.03. The topological polar surface area (TPSA) is 24.7 Å². The van der Waals surface area contributed by atoms with Gasteiger partial charge in [0, 0.05) is 11.9 Å². The lowest BCUT2D eigenvalue weighted by molar-refractivity contribution is 1.82. The van der Waals surface area contributed by atoms with E-state index in [1.165, 1.54) is 29.4 Å². The van der Waals surface area contributed by atoms with Gasteiger partial charge in [-0.25, -0.2) is 0 Å². The summed E-state index contributed by atoms with van der Waals surface area (Å²) >= 11 is 2.82. The highest BCUT2D eigenvalue weighted by Crippen LogP contribution is 1.94. The molecule has 1 aliphatic heterocycles. The molecule has 6 heavy (non-hydrogen) atoms. The molecule has 0 saturated heterocycles. The Hall–Kier alpha value is -0.0900. The molecule has 4 heteroatoms. The van der Waals surface area contributed by atoms with Crippen molar-refractivity contribution >= 4 is 34.1 Å². The van der Waals surface area contributed by atoms with Crippen molar-refractivity contribution in [1.29, 1.82) is 0 Å². The lowest BCUT2D eigenvalue weighted by atomic mass is 11.4. The minimum atomic E-state index is 1.41. The average molecular weight is 118 g/mol. The number of hydrogen-bond acceptors (Lipinski definition) is 3. The van der Waals surface area contributed by atoms with Gasteiger partial charge in [0.1, 0.15) is 6.34 Å². The van der Waals surface area contributed by atoms with Crippen LogP contribution in [0, 0.1) is 0 Å². The van der Waals surface area contributed by atoms with Crippen molar-refractivity contribution in [2.75, 3.05) is 0 Å². The highest BCUT2D eigenvalue weighted by Gasteiger charge is 1.71. The van der Waals surface area contributed by atoms with Crippen molar-refractivity contribution in [3.05, 3.63) is 0 Å². The summed E-state index contributed by atoms with van der Waals surface area (Å²) < 4.78 is 9.31. The maximum atomic E-state index is 3.73. The van der Waals surface area contributed by atoms with Crippen LogP contribution in [0.3, 0.4) is 0 Å². The Bertz CT molecular complexity index is 122. The Labute approximate surface area is 43.5 Å². The van der Waals surface area contributed by atoms with Crippen LogP contribution in [0.1, 0.15) is 0 Å². The second-order valence-electron chi connectivity index (χ2n) is 0.633. The van der Waals surface area contributed by atoms with E-state index in [0.717, 1.165) is 0 Å². The van der Waals surface area contributed by atoms with Crippen LogP contribution >= 0.6 is 11.9 Å². The third-order valence-electron chi connectivity index (χ3n) is 0.302. The molecule has 0 fully saturated rings. The van der Waals surface area contributed by atoms with Gasteiger partial charge in [-0.05, 0) is 11.1 Å². The number of rotatable bonds is 0. The van der Waals surface area contributed by atoms with E-state index in [2.05, 4.69) is 8.76 Å². The van der Waals surface area contributed by atoms with Crippen LogP contribution in [0.25, 0.3) is 0 Å². The lowest BCUT2D eigenvalue weighted by Gasteiger charge is -1.76. The Balaban J connectivity index is 2.78. The summed E-state index contributed by atoms with van der Waals surface area (Å²) in [6.45, 7) is 0. The van der Waals surface area contributed by atoms with Gasteiger partial charge in [-0.2, -0.15) is 8.76 Å². The highest BCUT2D eigenvalue weighted by molar-refractivity contribution is 8.18. The van der Waals surface area contributed by atoms with Crippen molar-refractivity contribution in [3.8, 4) is 0 Å². The zero-order valence-electron chi connectivity index (χ0n) is 2.87. The van der Waals surface area contributed by atoms with Crippen molar-refractivity contribution in [2.45, 2.75) is 0 Å². The van der Waals surface area contributed by atoms with Crippen molar-refractivity contribution in [2.24, 2.45) is 8.76 Å². The Morgan fingerprint density at radius 3 is 2.67 bits per heavy atom. The molecule has 0 radical (unpaired) electrons. The summed E-state index contributed by atoms with van der Waals surface area (Å²) in [6.07, 6.45) is 1.54. The molecule has 0 bridgehead atoms. The van der Waals surface area contributed by atoms with E-state index in [1.54, 1.807) is 0 Å². The van der Waals surface area contributed by atoms with Gasteiger partial charge in [0.2, 0.25) is 0 Å². The van der Waals surface area contributed by atoms with Gasteiger partial charge in [0.05, 0.1) is 4.70 Å². The minimum absolute atomic E-state index is 1.41. The summed E-state index contributed by atoms with van der Waals surface area (Å²) in [5.74, 6) is 0. The maximum absolute atomic E-state index is 3.73. The van der Waals surface area contributed by atoms with Gasteiger partial charge < -0.3 is 0 Å². The van der Waals surface area contributed by atoms with E-state index in [9.17, 15) is 0 Å². The van der Waals surface area contributed by atoms with Crippen molar-refractivity contribution in [1.82, 2.24) is 0 Å². The van der Waals surface area contributed by atoms with E-state index in [-0.39, 0.29) is 0 Å². The van der Waals surface area contributed by atoms with E-state index < -0.39 is 0 Å². The second kappa shape index (κ2) is 2.15. The van der Waals surface area contributed by atoms with Crippen LogP contribution in [-0.4, -0.2) is 11.0 Å². The molecule has 1 rings (SSSR count). The molecule has 0 aromatic heterocycles. The largest absolute Gasteiger partial charge is 0.198 e. The monoisotopic (exact) mass is 118 g/mol. The van der Waals surface area contributed by atoms with Gasteiger partial charge in [0.25, 0.3) is 0 Å². The van der Waals surface area contributed by atoms with E-state index in [1.807, 2.05) is 4.70 Å². The molecule has 0 saturated carbocycles. The summed E-state index contributed by atoms with van der Waals surface area (Å²) in [5.41, 5.74) is 0. The third kappa shape index (κ3) is 0.948. The minimum Gasteiger partial charge on any atom is -0.198 e. The Morgan fingerprint density at radius 1 is 1.50 bits per heavy atom. The van der Waals surface area contributed by atoms with Crippen LogP contribution in [-0.2, 0) is 11.1 Å². The van der Waals surface area contributed by atoms with Gasteiger partial charge in [-0.1, -0.05) is 0 Å². The molecule has 32 valence electrons. The fourth-order valence-electron chi connectivity index (χ4n) is 0.143. The molecule has 0 aromatic carbocycles. The van der Waals surface area contributed by atoms with Gasteiger partial charge >= 0.3 is 0 Å². The SMILES string of the molecule is C1=NSC=S=N1. The molecule has 0 N–H and O–H groups in total. The first-order valence-electron chi connectivity index (χ1n) is 1.35. The summed E-state index contributed by atoms with van der Waals surface area (Å²) in [5, 5.41) is 0. The van der Waals surface area contributed by atoms with Crippen LogP contribution in [0.4, 0.5) is 0 Å². The summed E-state index contributed by atoms with van der Waals surface area (Å²) in [4.78, 5) is 0. The van der Waals surface area contributed by atoms with Crippen LogP contribution in [0.5, 0.6) is 0 Å². The number of hydrogen-bond donors (Lipinski definition) is 0. The van der Waals surface area contributed by atoms with Gasteiger partial charge in [0.15, 0.2) is 0 Å². The van der Waals surface area contributed by atoms with E-state index >= 15 is 0 Å². The predicted molar refractivity (Wildman–Crippen MR) is 31.9 cm³/mol. The van der Waals surface area contributed by atoms with Crippen LogP contribution < -0.4 is 0 Å². The predicted octanol–water partition coefficient (Wildman–Crippen LogP) is 0.702. The van der Waals surface area contributed by atoms with Gasteiger partial charge in [-0.15, -0.1) is 0 Å². The van der Waals surface area contributed by atoms with Crippen molar-refractivity contribution < 1.29 is 0 Å². The van der Waals surface area contributed by atoms with E-state index in [4.69, 9.17) is 0 Å². The normalized spacial score (nSPS) is 17.3. The first-order chi connectivity index (χ1) is 3.00. The standard InChI is InChI=1S/C2H2N2S2/c1-3-5-2-6-4-1/h1-2H.